The summed E-state index contributed by atoms with van der Waals surface area (Å²) in [7, 11) is 0. The number of carbonyl (C=O) groups excluding carboxylic acids is 1. The normalized spacial score (nSPS) is 10.7. The fraction of sp³-hybridized carbons (Fsp3) is 0.188. The molecular formula is C16H15N2NaO3. The van der Waals surface area contributed by atoms with Crippen LogP contribution in [0.5, 0.6) is 5.75 Å². The van der Waals surface area contributed by atoms with E-state index < -0.39 is 5.97 Å². The number of benzene rings is 2. The Labute approximate surface area is 151 Å². The smallest absolute Gasteiger partial charge is 0.545 e. The van der Waals surface area contributed by atoms with Crippen LogP contribution in [-0.2, 0) is 0 Å². The third kappa shape index (κ3) is 4.66. The predicted octanol–water partition coefficient (Wildman–Crippen LogP) is 0.299. The Bertz CT molecular complexity index is 682. The van der Waals surface area contributed by atoms with Crippen molar-refractivity contribution in [3.63, 3.8) is 0 Å². The van der Waals surface area contributed by atoms with Crippen LogP contribution in [0.2, 0.25) is 0 Å². The zero-order valence-electron chi connectivity index (χ0n) is 12.8. The molecule has 0 unspecified atom stereocenters. The molecule has 0 bridgehead atoms. The van der Waals surface area contributed by atoms with Gasteiger partial charge in [-0.15, -0.1) is 0 Å². The maximum absolute atomic E-state index is 10.8. The fourth-order valence-electron chi connectivity index (χ4n) is 1.79. The molecule has 1 N–H and O–H groups in total. The molecule has 0 heterocycles. The van der Waals surface area contributed by atoms with Crippen molar-refractivity contribution in [1.29, 1.82) is 0 Å². The van der Waals surface area contributed by atoms with Crippen LogP contribution in [0.4, 0.5) is 11.4 Å². The van der Waals surface area contributed by atoms with E-state index in [9.17, 15) is 15.0 Å². The van der Waals surface area contributed by atoms with E-state index in [-0.39, 0.29) is 40.9 Å². The zero-order chi connectivity index (χ0) is 15.4. The van der Waals surface area contributed by atoms with Gasteiger partial charge in [-0.3, -0.25) is 0 Å². The molecule has 2 rings (SSSR count). The Balaban J connectivity index is 0.00000242. The number of carboxylic acids is 1. The second-order valence-corrected chi connectivity index (χ2v) is 4.94. The van der Waals surface area contributed by atoms with Gasteiger partial charge in [-0.2, -0.15) is 10.2 Å². The van der Waals surface area contributed by atoms with Gasteiger partial charge in [0, 0.05) is 5.56 Å². The monoisotopic (exact) mass is 306 g/mol. The number of hydrogen-bond donors (Lipinski definition) is 1. The summed E-state index contributed by atoms with van der Waals surface area (Å²) in [5.41, 5.74) is 1.90. The molecule has 0 saturated heterocycles. The van der Waals surface area contributed by atoms with Crippen molar-refractivity contribution in [1.82, 2.24) is 0 Å². The summed E-state index contributed by atoms with van der Waals surface area (Å²) in [6, 6.07) is 11.6. The van der Waals surface area contributed by atoms with Crippen molar-refractivity contribution in [2.24, 2.45) is 10.2 Å². The summed E-state index contributed by atoms with van der Waals surface area (Å²) in [6.07, 6.45) is 0. The van der Waals surface area contributed by atoms with Gasteiger partial charge < -0.3 is 15.0 Å². The molecule has 6 heteroatoms. The first kappa shape index (κ1) is 18.4. The van der Waals surface area contributed by atoms with Gasteiger partial charge in [-0.25, -0.2) is 0 Å². The molecular weight excluding hydrogens is 291 g/mol. The molecule has 0 radical (unpaired) electrons. The van der Waals surface area contributed by atoms with Crippen molar-refractivity contribution in [3.8, 4) is 5.75 Å². The van der Waals surface area contributed by atoms with Crippen molar-refractivity contribution in [2.75, 3.05) is 0 Å². The molecule has 0 spiro atoms. The van der Waals surface area contributed by atoms with Crippen LogP contribution in [0.15, 0.2) is 52.7 Å². The first-order chi connectivity index (χ1) is 9.97. The molecule has 2 aromatic rings. The van der Waals surface area contributed by atoms with Gasteiger partial charge in [0.25, 0.3) is 0 Å². The van der Waals surface area contributed by atoms with Gasteiger partial charge in [0.1, 0.15) is 5.75 Å². The number of phenols is 1. The summed E-state index contributed by atoms with van der Waals surface area (Å²) in [5, 5.41) is 28.2. The van der Waals surface area contributed by atoms with Gasteiger partial charge in [-0.1, -0.05) is 26.0 Å². The largest absolute Gasteiger partial charge is 1.00 e. The van der Waals surface area contributed by atoms with Gasteiger partial charge in [0.2, 0.25) is 0 Å². The molecule has 0 aliphatic rings. The maximum atomic E-state index is 10.8. The Morgan fingerprint density at radius 2 is 1.59 bits per heavy atom. The average molecular weight is 306 g/mol. The Morgan fingerprint density at radius 1 is 1.05 bits per heavy atom. The van der Waals surface area contributed by atoms with Crippen LogP contribution in [0.3, 0.4) is 0 Å². The Morgan fingerprint density at radius 3 is 2.14 bits per heavy atom. The molecule has 5 nitrogen and oxygen atoms in total. The molecule has 0 aliphatic carbocycles. The van der Waals surface area contributed by atoms with E-state index in [0.29, 0.717) is 17.3 Å². The number of carboxylic acid groups (broad SMARTS) is 1. The van der Waals surface area contributed by atoms with E-state index in [4.69, 9.17) is 0 Å². The van der Waals surface area contributed by atoms with Crippen LogP contribution < -0.4 is 34.7 Å². The number of nitrogens with zero attached hydrogens (tertiary/aromatic N) is 2. The summed E-state index contributed by atoms with van der Waals surface area (Å²) < 4.78 is 0. The minimum absolute atomic E-state index is 0. The number of aromatic hydroxyl groups is 1. The summed E-state index contributed by atoms with van der Waals surface area (Å²) in [4.78, 5) is 10.8. The van der Waals surface area contributed by atoms with Gasteiger partial charge in [0.15, 0.2) is 0 Å². The summed E-state index contributed by atoms with van der Waals surface area (Å²) in [6.45, 7) is 4.21. The van der Waals surface area contributed by atoms with E-state index in [0.717, 1.165) is 0 Å². The van der Waals surface area contributed by atoms with Crippen LogP contribution >= 0.6 is 0 Å². The Hall–Kier alpha value is -1.69. The third-order valence-corrected chi connectivity index (χ3v) is 3.04. The van der Waals surface area contributed by atoms with E-state index >= 15 is 0 Å². The average Bonchev–Trinajstić information content (AvgIpc) is 2.46. The maximum Gasteiger partial charge on any atom is 1.00 e. The van der Waals surface area contributed by atoms with Crippen LogP contribution in [-0.4, -0.2) is 11.1 Å². The zero-order valence-corrected chi connectivity index (χ0v) is 14.8. The first-order valence-electron chi connectivity index (χ1n) is 6.53. The molecule has 2 aromatic carbocycles. The van der Waals surface area contributed by atoms with Crippen molar-refractivity contribution >= 4 is 17.3 Å². The number of rotatable bonds is 4. The number of hydrogen-bond acceptors (Lipinski definition) is 5. The quantitative estimate of drug-likeness (QED) is 0.651. The van der Waals surface area contributed by atoms with Crippen LogP contribution in [0.25, 0.3) is 0 Å². The molecule has 0 aliphatic heterocycles. The molecule has 22 heavy (non-hydrogen) atoms. The number of carbonyl (C=O) groups is 1. The minimum Gasteiger partial charge on any atom is -0.545 e. The third-order valence-electron chi connectivity index (χ3n) is 3.04. The fourth-order valence-corrected chi connectivity index (χ4v) is 1.79. The summed E-state index contributed by atoms with van der Waals surface area (Å²) in [5.74, 6) is -1.36. The SMILES string of the molecule is CC(C)c1ccc(N=Nc2ccc(O)c(C(=O)[O-])c2)cc1.[Na+]. The van der Waals surface area contributed by atoms with Gasteiger partial charge in [0.05, 0.1) is 17.3 Å². The van der Waals surface area contributed by atoms with Crippen molar-refractivity contribution < 1.29 is 44.6 Å². The minimum atomic E-state index is -1.45. The van der Waals surface area contributed by atoms with Crippen molar-refractivity contribution in [3.05, 3.63) is 53.6 Å². The van der Waals surface area contributed by atoms with E-state index in [2.05, 4.69) is 24.1 Å². The number of azo groups is 1. The molecule has 0 atom stereocenters. The topological polar surface area (TPSA) is 85.1 Å². The number of aromatic carboxylic acids is 1. The summed E-state index contributed by atoms with van der Waals surface area (Å²) >= 11 is 0. The Kier molecular flexibility index (Phi) is 6.74. The first-order valence-corrected chi connectivity index (χ1v) is 6.53. The van der Waals surface area contributed by atoms with E-state index in [1.165, 1.54) is 23.8 Å². The van der Waals surface area contributed by atoms with Crippen molar-refractivity contribution in [2.45, 2.75) is 19.8 Å². The van der Waals surface area contributed by atoms with Crippen LogP contribution in [0.1, 0.15) is 35.7 Å². The molecule has 0 saturated carbocycles. The molecule has 0 fully saturated rings. The molecule has 108 valence electrons. The molecule has 0 aromatic heterocycles. The standard InChI is InChI=1S/C16H16N2O3.Na/c1-10(2)11-3-5-12(6-4-11)17-18-13-7-8-15(19)14(9-13)16(20)21;/h3-10,19H,1-2H3,(H,20,21);/q;+1/p-1. The van der Waals surface area contributed by atoms with Gasteiger partial charge in [-0.05, 0) is 41.8 Å². The predicted molar refractivity (Wildman–Crippen MR) is 77.1 cm³/mol. The van der Waals surface area contributed by atoms with E-state index in [1.54, 1.807) is 0 Å². The second-order valence-electron chi connectivity index (χ2n) is 4.94. The second kappa shape index (κ2) is 8.08. The van der Waals surface area contributed by atoms with E-state index in [1.807, 2.05) is 24.3 Å². The van der Waals surface area contributed by atoms with Crippen LogP contribution in [0, 0.1) is 0 Å². The molecule has 0 amide bonds. The van der Waals surface area contributed by atoms with Gasteiger partial charge >= 0.3 is 29.6 Å².